The lowest BCUT2D eigenvalue weighted by atomic mass is 10.1. The molecule has 4 rings (SSSR count). The molecule has 1 aliphatic heterocycles. The molecular formula is C21H21F3N4O3S2. The maximum Gasteiger partial charge on any atom is 0.433 e. The Balaban J connectivity index is 1.58. The number of pyridine rings is 1. The van der Waals surface area contributed by atoms with E-state index >= 15 is 0 Å². The average molecular weight is 499 g/mol. The lowest BCUT2D eigenvalue weighted by Gasteiger charge is -2.31. The van der Waals surface area contributed by atoms with E-state index in [1.807, 2.05) is 11.9 Å². The normalized spacial score (nSPS) is 16.3. The van der Waals surface area contributed by atoms with Crippen molar-refractivity contribution in [2.75, 3.05) is 38.5 Å². The molecule has 0 bridgehead atoms. The van der Waals surface area contributed by atoms with Gasteiger partial charge in [-0.3, -0.25) is 4.79 Å². The first kappa shape index (κ1) is 23.6. The summed E-state index contributed by atoms with van der Waals surface area (Å²) in [5.41, 5.74) is -0.240. The highest BCUT2D eigenvalue weighted by atomic mass is 32.2. The van der Waals surface area contributed by atoms with Crippen LogP contribution in [0.1, 0.15) is 20.9 Å². The number of hydrogen-bond donors (Lipinski definition) is 1. The van der Waals surface area contributed by atoms with Gasteiger partial charge in [0.25, 0.3) is 5.91 Å². The number of rotatable bonds is 4. The minimum Gasteiger partial charge on any atom is -0.321 e. The van der Waals surface area contributed by atoms with E-state index in [4.69, 9.17) is 0 Å². The van der Waals surface area contributed by atoms with Crippen molar-refractivity contribution in [1.82, 2.24) is 14.2 Å². The molecule has 0 unspecified atom stereocenters. The fraction of sp³-hybridized carbons (Fsp3) is 0.333. The van der Waals surface area contributed by atoms with Crippen LogP contribution in [0.15, 0.2) is 41.3 Å². The lowest BCUT2D eigenvalue weighted by molar-refractivity contribution is -0.140. The van der Waals surface area contributed by atoms with Crippen LogP contribution in [0.2, 0.25) is 0 Å². The molecule has 0 saturated carbocycles. The lowest BCUT2D eigenvalue weighted by Crippen LogP contribution is -2.47. The van der Waals surface area contributed by atoms with Crippen molar-refractivity contribution in [3.63, 3.8) is 0 Å². The number of amides is 1. The van der Waals surface area contributed by atoms with Gasteiger partial charge in [0.1, 0.15) is 10.5 Å². The summed E-state index contributed by atoms with van der Waals surface area (Å²) >= 11 is 0.860. The Bertz CT molecular complexity index is 1310. The monoisotopic (exact) mass is 498 g/mol. The number of aryl methyl sites for hydroxylation is 1. The molecule has 7 nitrogen and oxygen atoms in total. The number of alkyl halides is 3. The first-order valence-corrected chi connectivity index (χ1v) is 12.3. The number of piperazine rings is 1. The van der Waals surface area contributed by atoms with E-state index in [0.29, 0.717) is 37.1 Å². The minimum atomic E-state index is -4.58. The van der Waals surface area contributed by atoms with Crippen LogP contribution in [-0.4, -0.2) is 61.7 Å². The van der Waals surface area contributed by atoms with Crippen LogP contribution in [0, 0.1) is 6.92 Å². The van der Waals surface area contributed by atoms with Gasteiger partial charge in [0.05, 0.1) is 9.77 Å². The Morgan fingerprint density at radius 2 is 1.82 bits per heavy atom. The largest absolute Gasteiger partial charge is 0.433 e. The van der Waals surface area contributed by atoms with Crippen molar-refractivity contribution >= 4 is 43.2 Å². The number of thiophene rings is 1. The molecule has 0 atom stereocenters. The Hall–Kier alpha value is -2.54. The predicted molar refractivity (Wildman–Crippen MR) is 120 cm³/mol. The van der Waals surface area contributed by atoms with Gasteiger partial charge in [0, 0.05) is 37.3 Å². The van der Waals surface area contributed by atoms with Crippen molar-refractivity contribution in [2.24, 2.45) is 0 Å². The minimum absolute atomic E-state index is 0.0643. The van der Waals surface area contributed by atoms with Crippen LogP contribution in [0.25, 0.3) is 10.2 Å². The number of halogens is 3. The van der Waals surface area contributed by atoms with Crippen LogP contribution in [-0.2, 0) is 16.2 Å². The van der Waals surface area contributed by atoms with Crippen LogP contribution >= 0.6 is 11.3 Å². The zero-order valence-electron chi connectivity index (χ0n) is 17.8. The second-order valence-corrected chi connectivity index (χ2v) is 10.7. The second-order valence-electron chi connectivity index (χ2n) is 7.79. The van der Waals surface area contributed by atoms with Crippen LogP contribution < -0.4 is 5.32 Å². The van der Waals surface area contributed by atoms with E-state index in [0.717, 1.165) is 17.4 Å². The van der Waals surface area contributed by atoms with Crippen molar-refractivity contribution in [3.8, 4) is 0 Å². The number of carbonyl (C=O) groups excluding carboxylic acids is 1. The van der Waals surface area contributed by atoms with E-state index in [1.54, 1.807) is 13.0 Å². The summed E-state index contributed by atoms with van der Waals surface area (Å²) in [7, 11) is -1.79. The summed E-state index contributed by atoms with van der Waals surface area (Å²) in [4.78, 5) is 18.9. The van der Waals surface area contributed by atoms with Crippen LogP contribution in [0.3, 0.4) is 0 Å². The molecule has 0 spiro atoms. The number of anilines is 1. The zero-order chi connectivity index (χ0) is 24.0. The van der Waals surface area contributed by atoms with Gasteiger partial charge in [-0.2, -0.15) is 17.5 Å². The molecule has 0 aliphatic carbocycles. The third-order valence-electron chi connectivity index (χ3n) is 5.49. The average Bonchev–Trinajstić information content (AvgIpc) is 3.10. The topological polar surface area (TPSA) is 82.6 Å². The number of likely N-dealkylation sites (N-methyl/N-ethyl adjacent to an activating group) is 1. The first-order chi connectivity index (χ1) is 15.5. The summed E-state index contributed by atoms with van der Waals surface area (Å²) < 4.78 is 66.3. The molecule has 1 amide bonds. The van der Waals surface area contributed by atoms with E-state index in [-0.39, 0.29) is 20.3 Å². The van der Waals surface area contributed by atoms with Crippen LogP contribution in [0.4, 0.5) is 18.9 Å². The summed E-state index contributed by atoms with van der Waals surface area (Å²) in [5, 5.41) is 3.12. The number of benzene rings is 1. The van der Waals surface area contributed by atoms with Gasteiger partial charge < -0.3 is 10.2 Å². The molecule has 1 aromatic carbocycles. The molecule has 3 aromatic rings. The molecule has 1 aliphatic rings. The highest BCUT2D eigenvalue weighted by molar-refractivity contribution is 7.89. The predicted octanol–water partition coefficient (Wildman–Crippen LogP) is 3.81. The number of sulfonamides is 1. The third-order valence-corrected chi connectivity index (χ3v) is 8.59. The highest BCUT2D eigenvalue weighted by Gasteiger charge is 2.33. The quantitative estimate of drug-likeness (QED) is 0.592. The van der Waals surface area contributed by atoms with E-state index in [2.05, 4.69) is 10.3 Å². The molecule has 1 saturated heterocycles. The third kappa shape index (κ3) is 4.74. The number of nitrogens with one attached hydrogen (secondary N) is 1. The summed E-state index contributed by atoms with van der Waals surface area (Å²) in [6, 6.07) is 8.13. The molecule has 33 heavy (non-hydrogen) atoms. The maximum absolute atomic E-state index is 13.0. The van der Waals surface area contributed by atoms with Crippen LogP contribution in [0.5, 0.6) is 0 Å². The van der Waals surface area contributed by atoms with Gasteiger partial charge in [-0.25, -0.2) is 13.4 Å². The van der Waals surface area contributed by atoms with Gasteiger partial charge >= 0.3 is 6.18 Å². The first-order valence-electron chi connectivity index (χ1n) is 10.0. The SMILES string of the molecule is Cc1c(C(=O)Nc2cccc(S(=O)(=O)N3CCN(C)CC3)c2)sc2nc(C(F)(F)F)ccc12. The number of hydrogen-bond acceptors (Lipinski definition) is 6. The fourth-order valence-electron chi connectivity index (χ4n) is 3.57. The Kier molecular flexibility index (Phi) is 6.20. The molecule has 12 heteroatoms. The van der Waals surface area contributed by atoms with Gasteiger partial charge in [0.2, 0.25) is 10.0 Å². The summed E-state index contributed by atoms with van der Waals surface area (Å²) in [5.74, 6) is -0.543. The number of nitrogens with zero attached hydrogens (tertiary/aromatic N) is 3. The molecule has 1 fully saturated rings. The molecule has 176 valence electrons. The fourth-order valence-corrected chi connectivity index (χ4v) is 6.12. The van der Waals surface area contributed by atoms with Gasteiger partial charge in [0.15, 0.2) is 0 Å². The molecule has 3 heterocycles. The number of aromatic nitrogens is 1. The zero-order valence-corrected chi connectivity index (χ0v) is 19.4. The van der Waals surface area contributed by atoms with Crippen molar-refractivity contribution < 1.29 is 26.4 Å². The second kappa shape index (κ2) is 8.67. The van der Waals surface area contributed by atoms with Crippen molar-refractivity contribution in [3.05, 3.63) is 52.5 Å². The maximum atomic E-state index is 13.0. The summed E-state index contributed by atoms with van der Waals surface area (Å²) in [6.45, 7) is 3.65. The highest BCUT2D eigenvalue weighted by Crippen LogP contribution is 2.34. The smallest absolute Gasteiger partial charge is 0.321 e. The van der Waals surface area contributed by atoms with E-state index < -0.39 is 27.8 Å². The standard InChI is InChI=1S/C21H21F3N4O3S2/c1-13-16-6-7-17(21(22,23)24)26-20(16)32-18(13)19(29)25-14-4-3-5-15(12-14)33(30,31)28-10-8-27(2)9-11-28/h3-7,12H,8-11H2,1-2H3,(H,25,29). The van der Waals surface area contributed by atoms with E-state index in [1.165, 1.54) is 28.6 Å². The van der Waals surface area contributed by atoms with Crippen molar-refractivity contribution in [1.29, 1.82) is 0 Å². The Morgan fingerprint density at radius 3 is 2.48 bits per heavy atom. The number of carbonyl (C=O) groups is 1. The van der Waals surface area contributed by atoms with Gasteiger partial charge in [-0.1, -0.05) is 6.07 Å². The molecule has 0 radical (unpaired) electrons. The van der Waals surface area contributed by atoms with Gasteiger partial charge in [-0.15, -0.1) is 11.3 Å². The summed E-state index contributed by atoms with van der Waals surface area (Å²) in [6.07, 6.45) is -4.58. The Labute approximate surface area is 192 Å². The molecule has 1 N–H and O–H groups in total. The number of fused-ring (bicyclic) bond motifs is 1. The molecule has 2 aromatic heterocycles. The van der Waals surface area contributed by atoms with E-state index in [9.17, 15) is 26.4 Å². The van der Waals surface area contributed by atoms with Crippen molar-refractivity contribution in [2.45, 2.75) is 18.0 Å². The Morgan fingerprint density at radius 1 is 1.12 bits per heavy atom. The molecular weight excluding hydrogens is 477 g/mol. The van der Waals surface area contributed by atoms with Gasteiger partial charge in [-0.05, 0) is 49.9 Å².